The van der Waals surface area contributed by atoms with E-state index in [0.717, 1.165) is 24.0 Å². The number of amides is 1. The SMILES string of the molecule is CCOc1cc2ncnc(Nc3ccc(F)c(Cl)c3)c2cc1C#CC(C)(C)N1CCN(C(C)=O)CC1. The highest BCUT2D eigenvalue weighted by atomic mass is 35.5. The third-order valence-corrected chi connectivity index (χ3v) is 6.53. The minimum atomic E-state index is -0.487. The molecule has 1 saturated heterocycles. The van der Waals surface area contributed by atoms with E-state index in [1.54, 1.807) is 13.0 Å². The van der Waals surface area contributed by atoms with E-state index >= 15 is 0 Å². The number of hydrogen-bond acceptors (Lipinski definition) is 6. The third kappa shape index (κ3) is 5.69. The van der Waals surface area contributed by atoms with Crippen LogP contribution >= 0.6 is 11.6 Å². The van der Waals surface area contributed by atoms with Gasteiger partial charge in [-0.3, -0.25) is 9.69 Å². The van der Waals surface area contributed by atoms with Gasteiger partial charge >= 0.3 is 0 Å². The minimum absolute atomic E-state index is 0.0231. The van der Waals surface area contributed by atoms with Crippen molar-refractivity contribution in [2.75, 3.05) is 38.1 Å². The number of hydrogen-bond donors (Lipinski definition) is 1. The molecular weight excluding hydrogens is 481 g/mol. The first-order valence-corrected chi connectivity index (χ1v) is 12.2. The molecule has 1 amide bonds. The van der Waals surface area contributed by atoms with Crippen molar-refractivity contribution in [3.8, 4) is 17.6 Å². The summed E-state index contributed by atoms with van der Waals surface area (Å²) in [4.78, 5) is 24.6. The molecule has 0 bridgehead atoms. The fourth-order valence-electron chi connectivity index (χ4n) is 4.15. The average molecular weight is 510 g/mol. The number of aromatic nitrogens is 2. The van der Waals surface area contributed by atoms with Crippen LogP contribution in [-0.2, 0) is 4.79 Å². The summed E-state index contributed by atoms with van der Waals surface area (Å²) in [6.45, 7) is 11.1. The lowest BCUT2D eigenvalue weighted by atomic mass is 10.0. The highest BCUT2D eigenvalue weighted by molar-refractivity contribution is 6.31. The van der Waals surface area contributed by atoms with Gasteiger partial charge in [-0.25, -0.2) is 14.4 Å². The van der Waals surface area contributed by atoms with Crippen molar-refractivity contribution in [2.24, 2.45) is 0 Å². The van der Waals surface area contributed by atoms with Crippen molar-refractivity contribution in [3.63, 3.8) is 0 Å². The zero-order chi connectivity index (χ0) is 25.9. The van der Waals surface area contributed by atoms with Crippen LogP contribution in [0, 0.1) is 17.7 Å². The zero-order valence-electron chi connectivity index (χ0n) is 20.9. The van der Waals surface area contributed by atoms with Crippen LogP contribution in [0.5, 0.6) is 5.75 Å². The summed E-state index contributed by atoms with van der Waals surface area (Å²) < 4.78 is 19.5. The van der Waals surface area contributed by atoms with Gasteiger partial charge in [-0.05, 0) is 45.0 Å². The van der Waals surface area contributed by atoms with Gasteiger partial charge in [-0.1, -0.05) is 23.4 Å². The topological polar surface area (TPSA) is 70.6 Å². The van der Waals surface area contributed by atoms with Gasteiger partial charge in [0.25, 0.3) is 0 Å². The molecule has 2 heterocycles. The molecule has 1 fully saturated rings. The first kappa shape index (κ1) is 25.7. The molecule has 1 aromatic heterocycles. The number of benzene rings is 2. The van der Waals surface area contributed by atoms with Gasteiger partial charge < -0.3 is 15.0 Å². The summed E-state index contributed by atoms with van der Waals surface area (Å²) in [5.74, 6) is 7.53. The lowest BCUT2D eigenvalue weighted by molar-refractivity contribution is -0.131. The monoisotopic (exact) mass is 509 g/mol. The smallest absolute Gasteiger partial charge is 0.219 e. The number of rotatable bonds is 5. The molecule has 1 N–H and O–H groups in total. The van der Waals surface area contributed by atoms with E-state index in [4.69, 9.17) is 16.3 Å². The Labute approximate surface area is 215 Å². The molecule has 188 valence electrons. The molecular formula is C27H29ClFN5O2. The van der Waals surface area contributed by atoms with Crippen LogP contribution in [0.1, 0.15) is 33.3 Å². The first-order valence-electron chi connectivity index (χ1n) is 11.9. The van der Waals surface area contributed by atoms with Gasteiger partial charge in [0.15, 0.2) is 0 Å². The molecule has 1 aliphatic heterocycles. The predicted molar refractivity (Wildman–Crippen MR) is 140 cm³/mol. The Bertz CT molecular complexity index is 1340. The number of halogens is 2. The summed E-state index contributed by atoms with van der Waals surface area (Å²) >= 11 is 5.94. The number of carbonyl (C=O) groups excluding carboxylic acids is 1. The average Bonchev–Trinajstić information content (AvgIpc) is 2.85. The van der Waals surface area contributed by atoms with Crippen molar-refractivity contribution in [1.82, 2.24) is 19.8 Å². The van der Waals surface area contributed by atoms with Gasteiger partial charge in [0.2, 0.25) is 5.91 Å². The largest absolute Gasteiger partial charge is 0.492 e. The lowest BCUT2D eigenvalue weighted by Gasteiger charge is -2.41. The Hall–Kier alpha value is -3.41. The van der Waals surface area contributed by atoms with Crippen LogP contribution in [-0.4, -0.2) is 64.0 Å². The summed E-state index contributed by atoms with van der Waals surface area (Å²) in [6.07, 6.45) is 1.46. The van der Waals surface area contributed by atoms with E-state index < -0.39 is 11.4 Å². The number of anilines is 2. The molecule has 0 saturated carbocycles. The molecule has 4 rings (SSSR count). The number of piperazine rings is 1. The molecule has 36 heavy (non-hydrogen) atoms. The fraction of sp³-hybridized carbons (Fsp3) is 0.370. The van der Waals surface area contributed by atoms with Gasteiger partial charge in [-0.2, -0.15) is 0 Å². The predicted octanol–water partition coefficient (Wildman–Crippen LogP) is 4.86. The van der Waals surface area contributed by atoms with Gasteiger partial charge in [0, 0.05) is 50.2 Å². The Morgan fingerprint density at radius 3 is 2.61 bits per heavy atom. The second-order valence-electron chi connectivity index (χ2n) is 9.08. The first-order chi connectivity index (χ1) is 17.2. The lowest BCUT2D eigenvalue weighted by Crippen LogP contribution is -2.55. The van der Waals surface area contributed by atoms with Gasteiger partial charge in [0.05, 0.1) is 28.2 Å². The van der Waals surface area contributed by atoms with E-state index in [1.807, 2.05) is 24.0 Å². The molecule has 3 aromatic rings. The number of ether oxygens (including phenoxy) is 1. The Kier molecular flexibility index (Phi) is 7.62. The maximum Gasteiger partial charge on any atom is 0.219 e. The molecule has 2 aromatic carbocycles. The Morgan fingerprint density at radius 2 is 1.94 bits per heavy atom. The molecule has 0 aliphatic carbocycles. The standard InChI is InChI=1S/C27H29ClFN5O2/c1-5-36-25-16-24-21(26(31-17-30-24)32-20-6-7-23(29)22(28)15-20)14-19(25)8-9-27(3,4)34-12-10-33(11-13-34)18(2)35/h6-7,14-17H,5,10-13H2,1-4H3,(H,30,31,32). The second-order valence-corrected chi connectivity index (χ2v) is 9.48. The number of fused-ring (bicyclic) bond motifs is 1. The number of nitrogens with zero attached hydrogens (tertiary/aromatic N) is 4. The van der Waals surface area contributed by atoms with Crippen LogP contribution in [0.2, 0.25) is 5.02 Å². The van der Waals surface area contributed by atoms with Crippen LogP contribution in [0.4, 0.5) is 15.9 Å². The van der Waals surface area contributed by atoms with E-state index in [1.165, 1.54) is 18.5 Å². The Balaban J connectivity index is 1.67. The number of nitrogens with one attached hydrogen (secondary N) is 1. The zero-order valence-corrected chi connectivity index (χ0v) is 21.6. The quantitative estimate of drug-likeness (QED) is 0.495. The minimum Gasteiger partial charge on any atom is -0.492 e. The highest BCUT2D eigenvalue weighted by Crippen LogP contribution is 2.31. The van der Waals surface area contributed by atoms with Crippen molar-refractivity contribution in [1.29, 1.82) is 0 Å². The maximum absolute atomic E-state index is 13.6. The molecule has 0 unspecified atom stereocenters. The molecule has 0 atom stereocenters. The van der Waals surface area contributed by atoms with Crippen molar-refractivity contribution < 1.29 is 13.9 Å². The molecule has 0 spiro atoms. The number of carbonyl (C=O) groups is 1. The van der Waals surface area contributed by atoms with E-state index in [2.05, 4.69) is 45.9 Å². The van der Waals surface area contributed by atoms with Crippen LogP contribution in [0.15, 0.2) is 36.7 Å². The van der Waals surface area contributed by atoms with Gasteiger partial charge in [-0.15, -0.1) is 0 Å². The summed E-state index contributed by atoms with van der Waals surface area (Å²) in [7, 11) is 0. The molecule has 9 heteroatoms. The third-order valence-electron chi connectivity index (χ3n) is 6.24. The second kappa shape index (κ2) is 10.7. The normalized spacial score (nSPS) is 14.3. The molecule has 7 nitrogen and oxygen atoms in total. The highest BCUT2D eigenvalue weighted by Gasteiger charge is 2.29. The molecule has 1 aliphatic rings. The van der Waals surface area contributed by atoms with Crippen molar-refractivity contribution in [2.45, 2.75) is 33.2 Å². The van der Waals surface area contributed by atoms with Crippen LogP contribution < -0.4 is 10.1 Å². The summed E-state index contributed by atoms with van der Waals surface area (Å²) in [5, 5.41) is 3.97. The van der Waals surface area contributed by atoms with Gasteiger partial charge in [0.1, 0.15) is 23.7 Å². The molecule has 0 radical (unpaired) electrons. The summed E-state index contributed by atoms with van der Waals surface area (Å²) in [5.41, 5.74) is 1.61. The van der Waals surface area contributed by atoms with Crippen molar-refractivity contribution >= 4 is 39.9 Å². The Morgan fingerprint density at radius 1 is 1.19 bits per heavy atom. The maximum atomic E-state index is 13.6. The van der Waals surface area contributed by atoms with Crippen molar-refractivity contribution in [3.05, 3.63) is 53.1 Å². The van der Waals surface area contributed by atoms with E-state index in [0.29, 0.717) is 42.5 Å². The van der Waals surface area contributed by atoms with Crippen LogP contribution in [0.25, 0.3) is 10.9 Å². The fourth-order valence-corrected chi connectivity index (χ4v) is 4.33. The van der Waals surface area contributed by atoms with E-state index in [-0.39, 0.29) is 10.9 Å². The van der Waals surface area contributed by atoms with E-state index in [9.17, 15) is 9.18 Å². The summed E-state index contributed by atoms with van der Waals surface area (Å²) in [6, 6.07) is 8.17. The van der Waals surface area contributed by atoms with Crippen LogP contribution in [0.3, 0.4) is 0 Å².